The number of rotatable bonds is 4. The quantitative estimate of drug-likeness (QED) is 0.560. The fourth-order valence-electron chi connectivity index (χ4n) is 2.02. The standard InChI is InChI=1S/C13H18O6/c14-6-9-10(15)11(16)12(13(17)19-9)18-7-8-4-2-1-3-5-8/h1-5,9-17H,6-7H2/t9-,10-,11+,12+,13?/m1/s1. The fourth-order valence-corrected chi connectivity index (χ4v) is 2.02. The Morgan fingerprint density at radius 1 is 1.05 bits per heavy atom. The van der Waals surface area contributed by atoms with Crippen molar-refractivity contribution < 1.29 is 29.9 Å². The first-order valence-corrected chi connectivity index (χ1v) is 6.09. The molecule has 19 heavy (non-hydrogen) atoms. The fraction of sp³-hybridized carbons (Fsp3) is 0.538. The molecule has 0 amide bonds. The Hall–Kier alpha value is -1.02. The van der Waals surface area contributed by atoms with Crippen LogP contribution in [0.25, 0.3) is 0 Å². The van der Waals surface area contributed by atoms with Crippen molar-refractivity contribution in [2.45, 2.75) is 37.3 Å². The zero-order chi connectivity index (χ0) is 13.8. The van der Waals surface area contributed by atoms with Crippen LogP contribution in [0.3, 0.4) is 0 Å². The van der Waals surface area contributed by atoms with Gasteiger partial charge in [-0.2, -0.15) is 0 Å². The van der Waals surface area contributed by atoms with Gasteiger partial charge in [-0.25, -0.2) is 0 Å². The lowest BCUT2D eigenvalue weighted by Gasteiger charge is -2.39. The van der Waals surface area contributed by atoms with Crippen LogP contribution in [0.1, 0.15) is 5.56 Å². The largest absolute Gasteiger partial charge is 0.394 e. The van der Waals surface area contributed by atoms with Crippen molar-refractivity contribution >= 4 is 0 Å². The van der Waals surface area contributed by atoms with Gasteiger partial charge in [0, 0.05) is 0 Å². The summed E-state index contributed by atoms with van der Waals surface area (Å²) in [5.41, 5.74) is 0.876. The van der Waals surface area contributed by atoms with Gasteiger partial charge >= 0.3 is 0 Å². The van der Waals surface area contributed by atoms with Crippen LogP contribution >= 0.6 is 0 Å². The molecule has 0 spiro atoms. The van der Waals surface area contributed by atoms with Crippen LogP contribution in [-0.2, 0) is 16.1 Å². The van der Waals surface area contributed by atoms with E-state index >= 15 is 0 Å². The van der Waals surface area contributed by atoms with Crippen LogP contribution in [0, 0.1) is 0 Å². The van der Waals surface area contributed by atoms with Gasteiger partial charge in [0.25, 0.3) is 0 Å². The summed E-state index contributed by atoms with van der Waals surface area (Å²) >= 11 is 0. The van der Waals surface area contributed by atoms with E-state index < -0.39 is 37.3 Å². The highest BCUT2D eigenvalue weighted by molar-refractivity contribution is 5.13. The van der Waals surface area contributed by atoms with E-state index in [4.69, 9.17) is 14.6 Å². The monoisotopic (exact) mass is 270 g/mol. The molecule has 1 fully saturated rings. The molecule has 2 rings (SSSR count). The number of aliphatic hydroxyl groups excluding tert-OH is 4. The lowest BCUT2D eigenvalue weighted by molar-refractivity contribution is -0.298. The smallest absolute Gasteiger partial charge is 0.184 e. The highest BCUT2D eigenvalue weighted by Crippen LogP contribution is 2.23. The molecule has 0 aliphatic carbocycles. The molecule has 6 heteroatoms. The molecule has 6 nitrogen and oxygen atoms in total. The molecule has 1 aromatic rings. The Morgan fingerprint density at radius 2 is 1.74 bits per heavy atom. The van der Waals surface area contributed by atoms with E-state index in [1.54, 1.807) is 0 Å². The van der Waals surface area contributed by atoms with E-state index in [0.717, 1.165) is 5.56 Å². The summed E-state index contributed by atoms with van der Waals surface area (Å²) in [4.78, 5) is 0. The summed E-state index contributed by atoms with van der Waals surface area (Å²) in [5.74, 6) is 0. The Bertz CT molecular complexity index is 384. The topological polar surface area (TPSA) is 99.4 Å². The number of benzene rings is 1. The molecular weight excluding hydrogens is 252 g/mol. The van der Waals surface area contributed by atoms with Crippen LogP contribution < -0.4 is 0 Å². The van der Waals surface area contributed by atoms with Crippen LogP contribution in [0.5, 0.6) is 0 Å². The average molecular weight is 270 g/mol. The lowest BCUT2D eigenvalue weighted by Crippen LogP contribution is -2.59. The molecule has 1 aromatic carbocycles. The molecule has 0 aromatic heterocycles. The molecule has 0 saturated carbocycles. The summed E-state index contributed by atoms with van der Waals surface area (Å²) in [6.07, 6.45) is -6.07. The first-order chi connectivity index (χ1) is 9.13. The van der Waals surface area contributed by atoms with E-state index in [1.165, 1.54) is 0 Å². The third-order valence-electron chi connectivity index (χ3n) is 3.13. The summed E-state index contributed by atoms with van der Waals surface area (Å²) in [5, 5.41) is 38.2. The summed E-state index contributed by atoms with van der Waals surface area (Å²) in [6.45, 7) is -0.305. The van der Waals surface area contributed by atoms with Crippen molar-refractivity contribution in [3.05, 3.63) is 35.9 Å². The molecule has 1 aliphatic rings. The number of aliphatic hydroxyl groups is 4. The van der Waals surface area contributed by atoms with Crippen molar-refractivity contribution in [1.29, 1.82) is 0 Å². The highest BCUT2D eigenvalue weighted by Gasteiger charge is 2.44. The third kappa shape index (κ3) is 3.30. The molecule has 4 N–H and O–H groups in total. The van der Waals surface area contributed by atoms with Crippen LogP contribution in [0.4, 0.5) is 0 Å². The van der Waals surface area contributed by atoms with Crippen LogP contribution in [0.2, 0.25) is 0 Å². The van der Waals surface area contributed by atoms with Crippen molar-refractivity contribution in [3.8, 4) is 0 Å². The van der Waals surface area contributed by atoms with Gasteiger partial charge < -0.3 is 29.9 Å². The van der Waals surface area contributed by atoms with E-state index in [2.05, 4.69) is 0 Å². The Kier molecular flexibility index (Phi) is 4.87. The van der Waals surface area contributed by atoms with E-state index in [-0.39, 0.29) is 6.61 Å². The SMILES string of the molecule is OC[C@H]1OC(O)[C@@H](OCc2ccccc2)[C@@H](O)[C@@H]1O. The molecule has 5 atom stereocenters. The van der Waals surface area contributed by atoms with Gasteiger partial charge in [-0.3, -0.25) is 0 Å². The van der Waals surface area contributed by atoms with Crippen LogP contribution in [0.15, 0.2) is 30.3 Å². The molecular formula is C13H18O6. The van der Waals surface area contributed by atoms with Crippen molar-refractivity contribution in [1.82, 2.24) is 0 Å². The third-order valence-corrected chi connectivity index (χ3v) is 3.13. The van der Waals surface area contributed by atoms with Crippen molar-refractivity contribution in [2.75, 3.05) is 6.61 Å². The lowest BCUT2D eigenvalue weighted by atomic mass is 9.99. The minimum Gasteiger partial charge on any atom is -0.394 e. The predicted molar refractivity (Wildman–Crippen MR) is 65.0 cm³/mol. The molecule has 1 unspecified atom stereocenters. The maximum Gasteiger partial charge on any atom is 0.184 e. The number of hydrogen-bond donors (Lipinski definition) is 4. The van der Waals surface area contributed by atoms with Gasteiger partial charge in [-0.05, 0) is 5.56 Å². The minimum absolute atomic E-state index is 0.180. The average Bonchev–Trinajstić information content (AvgIpc) is 2.44. The second-order valence-corrected chi connectivity index (χ2v) is 4.49. The maximum absolute atomic E-state index is 9.86. The van der Waals surface area contributed by atoms with E-state index in [9.17, 15) is 15.3 Å². The van der Waals surface area contributed by atoms with E-state index in [0.29, 0.717) is 0 Å². The van der Waals surface area contributed by atoms with Crippen molar-refractivity contribution in [2.24, 2.45) is 0 Å². The van der Waals surface area contributed by atoms with Gasteiger partial charge in [0.05, 0.1) is 13.2 Å². The summed E-state index contributed by atoms with van der Waals surface area (Å²) < 4.78 is 10.4. The van der Waals surface area contributed by atoms with Gasteiger partial charge in [-0.1, -0.05) is 30.3 Å². The Balaban J connectivity index is 1.96. The zero-order valence-electron chi connectivity index (χ0n) is 10.3. The first-order valence-electron chi connectivity index (χ1n) is 6.09. The molecule has 1 heterocycles. The predicted octanol–water partition coefficient (Wildman–Crippen LogP) is -0.997. The summed E-state index contributed by atoms with van der Waals surface area (Å²) in [6, 6.07) is 9.25. The molecule has 0 bridgehead atoms. The molecule has 106 valence electrons. The zero-order valence-corrected chi connectivity index (χ0v) is 10.3. The van der Waals surface area contributed by atoms with Gasteiger partial charge in [0.2, 0.25) is 0 Å². The molecule has 1 saturated heterocycles. The first kappa shape index (κ1) is 14.4. The summed E-state index contributed by atoms with van der Waals surface area (Å²) in [7, 11) is 0. The van der Waals surface area contributed by atoms with Gasteiger partial charge in [0.15, 0.2) is 6.29 Å². The Labute approximate surface area is 110 Å². The van der Waals surface area contributed by atoms with Crippen LogP contribution in [-0.4, -0.2) is 57.7 Å². The number of hydrogen-bond acceptors (Lipinski definition) is 6. The molecule has 1 aliphatic heterocycles. The normalized spacial score (nSPS) is 35.3. The van der Waals surface area contributed by atoms with Gasteiger partial charge in [-0.15, -0.1) is 0 Å². The second kappa shape index (κ2) is 6.42. The minimum atomic E-state index is -1.39. The highest BCUT2D eigenvalue weighted by atomic mass is 16.7. The van der Waals surface area contributed by atoms with E-state index in [1.807, 2.05) is 30.3 Å². The molecule has 0 radical (unpaired) electrons. The Morgan fingerprint density at radius 3 is 2.37 bits per heavy atom. The maximum atomic E-state index is 9.86. The second-order valence-electron chi connectivity index (χ2n) is 4.49. The van der Waals surface area contributed by atoms with Gasteiger partial charge in [0.1, 0.15) is 24.4 Å². The number of ether oxygens (including phenoxy) is 2. The van der Waals surface area contributed by atoms with Crippen molar-refractivity contribution in [3.63, 3.8) is 0 Å².